The van der Waals surface area contributed by atoms with Crippen LogP contribution in [0.2, 0.25) is 10.0 Å². The third-order valence-corrected chi connectivity index (χ3v) is 3.88. The lowest BCUT2D eigenvalue weighted by molar-refractivity contribution is 0.476. The molecule has 3 nitrogen and oxygen atoms in total. The minimum absolute atomic E-state index is 0.107. The normalized spacial score (nSPS) is 12.1. The van der Waals surface area contributed by atoms with Crippen molar-refractivity contribution in [2.45, 2.75) is 4.90 Å². The van der Waals surface area contributed by atoms with Gasteiger partial charge in [-0.1, -0.05) is 41.4 Å². The van der Waals surface area contributed by atoms with Gasteiger partial charge in [-0.25, -0.2) is 4.21 Å². The van der Waals surface area contributed by atoms with E-state index in [9.17, 15) is 9.32 Å². The van der Waals surface area contributed by atoms with Crippen LogP contribution >= 0.6 is 23.2 Å². The van der Waals surface area contributed by atoms with Gasteiger partial charge in [0, 0.05) is 5.69 Å². The molecule has 0 spiro atoms. The van der Waals surface area contributed by atoms with Crippen molar-refractivity contribution >= 4 is 39.9 Å². The summed E-state index contributed by atoms with van der Waals surface area (Å²) in [5.41, 5.74) is 0.477. The van der Waals surface area contributed by atoms with E-state index < -0.39 is 11.0 Å². The van der Waals surface area contributed by atoms with Crippen LogP contribution in [0.15, 0.2) is 47.4 Å². The van der Waals surface area contributed by atoms with Gasteiger partial charge in [0.1, 0.15) is 11.0 Å². The molecular weight excluding hydrogens is 293 g/mol. The Morgan fingerprint density at radius 2 is 1.61 bits per heavy atom. The van der Waals surface area contributed by atoms with Crippen molar-refractivity contribution in [2.24, 2.45) is 0 Å². The van der Waals surface area contributed by atoms with Crippen molar-refractivity contribution in [1.29, 1.82) is 0 Å². The molecule has 0 saturated heterocycles. The standard InChI is InChI=1S/C12H9Cl2NO2S/c13-10-6-8(7-11(14)12(10)16)15-18(17)9-4-2-1-3-5-9/h1-7,15-16H. The van der Waals surface area contributed by atoms with Gasteiger partial charge >= 0.3 is 0 Å². The fourth-order valence-electron chi connectivity index (χ4n) is 1.33. The highest BCUT2D eigenvalue weighted by molar-refractivity contribution is 7.86. The molecule has 6 heteroatoms. The van der Waals surface area contributed by atoms with Gasteiger partial charge in [0.2, 0.25) is 0 Å². The number of aromatic hydroxyl groups is 1. The van der Waals surface area contributed by atoms with Gasteiger partial charge < -0.3 is 9.83 Å². The summed E-state index contributed by atoms with van der Waals surface area (Å²) in [6.07, 6.45) is 0. The number of phenols is 1. The number of hydrogen-bond donors (Lipinski definition) is 2. The van der Waals surface area contributed by atoms with Crippen molar-refractivity contribution in [2.75, 3.05) is 4.72 Å². The first kappa shape index (κ1) is 13.2. The second-order valence-corrected chi connectivity index (χ2v) is 5.50. The van der Waals surface area contributed by atoms with E-state index in [0.29, 0.717) is 10.6 Å². The zero-order valence-electron chi connectivity index (χ0n) is 9.06. The Morgan fingerprint density at radius 3 is 2.17 bits per heavy atom. The third kappa shape index (κ3) is 2.96. The highest BCUT2D eigenvalue weighted by Crippen LogP contribution is 2.34. The molecular formula is C12H9Cl2NO2S. The second-order valence-electron chi connectivity index (χ2n) is 3.47. The number of benzene rings is 2. The SMILES string of the molecule is O=S(Nc1cc(Cl)c(O)c(Cl)c1)c1ccccc1. The maximum Gasteiger partial charge on any atom is 0.152 e. The van der Waals surface area contributed by atoms with E-state index in [-0.39, 0.29) is 15.8 Å². The molecule has 0 amide bonds. The molecule has 2 N–H and O–H groups in total. The molecule has 0 aliphatic rings. The molecule has 0 bridgehead atoms. The van der Waals surface area contributed by atoms with Crippen molar-refractivity contribution in [1.82, 2.24) is 0 Å². The lowest BCUT2D eigenvalue weighted by atomic mass is 10.3. The Kier molecular flexibility index (Phi) is 4.11. The molecule has 0 radical (unpaired) electrons. The van der Waals surface area contributed by atoms with Crippen LogP contribution in [0, 0.1) is 0 Å². The number of anilines is 1. The minimum Gasteiger partial charge on any atom is -0.505 e. The summed E-state index contributed by atoms with van der Waals surface area (Å²) in [5.74, 6) is -0.186. The highest BCUT2D eigenvalue weighted by atomic mass is 35.5. The lowest BCUT2D eigenvalue weighted by Crippen LogP contribution is -2.04. The first-order valence-electron chi connectivity index (χ1n) is 4.99. The molecule has 2 rings (SSSR count). The van der Waals surface area contributed by atoms with Gasteiger partial charge in [-0.05, 0) is 24.3 Å². The Hall–Kier alpha value is -1.23. The highest BCUT2D eigenvalue weighted by Gasteiger charge is 2.09. The maximum atomic E-state index is 12.0. The Bertz CT molecular complexity index is 567. The number of rotatable bonds is 3. The average molecular weight is 302 g/mol. The predicted octanol–water partition coefficient (Wildman–Crippen LogP) is 3.83. The van der Waals surface area contributed by atoms with Crippen LogP contribution in [0.25, 0.3) is 0 Å². The van der Waals surface area contributed by atoms with E-state index in [2.05, 4.69) is 4.72 Å². The smallest absolute Gasteiger partial charge is 0.152 e. The summed E-state index contributed by atoms with van der Waals surface area (Å²) in [6, 6.07) is 11.8. The van der Waals surface area contributed by atoms with Gasteiger partial charge in [-0.3, -0.25) is 0 Å². The Labute approximate surface area is 117 Å². The summed E-state index contributed by atoms with van der Waals surface area (Å²) >= 11 is 11.6. The predicted molar refractivity (Wildman–Crippen MR) is 74.6 cm³/mol. The topological polar surface area (TPSA) is 49.3 Å². The van der Waals surface area contributed by atoms with Crippen molar-refractivity contribution < 1.29 is 9.32 Å². The monoisotopic (exact) mass is 301 g/mol. The van der Waals surface area contributed by atoms with Crippen LogP contribution in [0.1, 0.15) is 0 Å². The molecule has 0 aliphatic heterocycles. The van der Waals surface area contributed by atoms with E-state index in [1.165, 1.54) is 12.1 Å². The second kappa shape index (κ2) is 5.61. The molecule has 2 aromatic carbocycles. The summed E-state index contributed by atoms with van der Waals surface area (Å²) in [6.45, 7) is 0. The van der Waals surface area contributed by atoms with Crippen molar-refractivity contribution in [3.63, 3.8) is 0 Å². The number of phenolic OH excluding ortho intramolecular Hbond substituents is 1. The summed E-state index contributed by atoms with van der Waals surface area (Å²) in [5, 5.41) is 9.63. The molecule has 0 aromatic heterocycles. The van der Waals surface area contributed by atoms with Crippen LogP contribution in [0.4, 0.5) is 5.69 Å². The van der Waals surface area contributed by atoms with E-state index in [1.54, 1.807) is 24.3 Å². The zero-order chi connectivity index (χ0) is 13.1. The maximum absolute atomic E-state index is 12.0. The molecule has 0 fully saturated rings. The average Bonchev–Trinajstić information content (AvgIpc) is 2.37. The fourth-order valence-corrected chi connectivity index (χ4v) is 2.68. The van der Waals surface area contributed by atoms with E-state index >= 15 is 0 Å². The molecule has 2 aromatic rings. The summed E-state index contributed by atoms with van der Waals surface area (Å²) in [7, 11) is -1.41. The molecule has 94 valence electrons. The Balaban J connectivity index is 2.23. The van der Waals surface area contributed by atoms with Crippen LogP contribution < -0.4 is 4.72 Å². The summed E-state index contributed by atoms with van der Waals surface area (Å²) < 4.78 is 14.7. The van der Waals surface area contributed by atoms with Crippen LogP contribution in [-0.4, -0.2) is 9.32 Å². The number of halogens is 2. The number of nitrogens with one attached hydrogen (secondary N) is 1. The van der Waals surface area contributed by atoms with Crippen LogP contribution in [0.3, 0.4) is 0 Å². The van der Waals surface area contributed by atoms with E-state index in [0.717, 1.165) is 0 Å². The third-order valence-electron chi connectivity index (χ3n) is 2.18. The number of hydrogen-bond acceptors (Lipinski definition) is 2. The van der Waals surface area contributed by atoms with Crippen molar-refractivity contribution in [3.05, 3.63) is 52.5 Å². The largest absolute Gasteiger partial charge is 0.505 e. The van der Waals surface area contributed by atoms with Gasteiger partial charge in [0.25, 0.3) is 0 Å². The van der Waals surface area contributed by atoms with E-state index in [1.807, 2.05) is 6.07 Å². The van der Waals surface area contributed by atoms with Gasteiger partial charge in [-0.2, -0.15) is 0 Å². The molecule has 0 aliphatic carbocycles. The molecule has 18 heavy (non-hydrogen) atoms. The first-order valence-corrected chi connectivity index (χ1v) is 6.90. The summed E-state index contributed by atoms with van der Waals surface area (Å²) in [4.78, 5) is 0.637. The molecule has 0 saturated carbocycles. The lowest BCUT2D eigenvalue weighted by Gasteiger charge is -2.08. The Morgan fingerprint density at radius 1 is 1.06 bits per heavy atom. The quantitative estimate of drug-likeness (QED) is 0.846. The first-order chi connectivity index (χ1) is 8.58. The zero-order valence-corrected chi connectivity index (χ0v) is 11.4. The van der Waals surface area contributed by atoms with Crippen LogP contribution in [-0.2, 0) is 11.0 Å². The minimum atomic E-state index is -1.41. The fraction of sp³-hybridized carbons (Fsp3) is 0. The molecule has 1 atom stereocenters. The van der Waals surface area contributed by atoms with Gasteiger partial charge in [-0.15, -0.1) is 0 Å². The van der Waals surface area contributed by atoms with Crippen molar-refractivity contribution in [3.8, 4) is 5.75 Å². The van der Waals surface area contributed by atoms with E-state index in [4.69, 9.17) is 23.2 Å². The molecule has 1 unspecified atom stereocenters. The van der Waals surface area contributed by atoms with Crippen LogP contribution in [0.5, 0.6) is 5.75 Å². The van der Waals surface area contributed by atoms with Gasteiger partial charge in [0.15, 0.2) is 5.75 Å². The van der Waals surface area contributed by atoms with Gasteiger partial charge in [0.05, 0.1) is 14.9 Å². The molecule has 0 heterocycles.